The van der Waals surface area contributed by atoms with Crippen LogP contribution in [0.3, 0.4) is 0 Å². The van der Waals surface area contributed by atoms with E-state index in [4.69, 9.17) is 9.15 Å². The third-order valence-corrected chi connectivity index (χ3v) is 6.96. The summed E-state index contributed by atoms with van der Waals surface area (Å²) in [5, 5.41) is 11.3. The third kappa shape index (κ3) is 4.48. The lowest BCUT2D eigenvalue weighted by Crippen LogP contribution is -2.50. The number of aliphatic hydroxyl groups is 1. The van der Waals surface area contributed by atoms with Crippen LogP contribution in [0.1, 0.15) is 17.5 Å². The van der Waals surface area contributed by atoms with Crippen molar-refractivity contribution in [2.45, 2.75) is 25.4 Å². The minimum absolute atomic E-state index is 0.104. The number of fused-ring (bicyclic) bond motifs is 3. The molecule has 0 spiro atoms. The van der Waals surface area contributed by atoms with Crippen LogP contribution in [0.5, 0.6) is 5.75 Å². The molecular weight excluding hydrogens is 396 g/mol. The molecule has 1 aromatic carbocycles. The molecule has 2 aliphatic rings. The van der Waals surface area contributed by atoms with Crippen LogP contribution in [-0.4, -0.2) is 74.4 Å². The lowest BCUT2D eigenvalue weighted by atomic mass is 10.1. The Labute approximate surface area is 169 Å². The van der Waals surface area contributed by atoms with Crippen LogP contribution < -0.4 is 10.4 Å². The summed E-state index contributed by atoms with van der Waals surface area (Å²) in [6, 6.07) is 5.44. The Kier molecular flexibility index (Phi) is 5.65. The Bertz CT molecular complexity index is 1060. The Balaban J connectivity index is 1.34. The van der Waals surface area contributed by atoms with E-state index in [9.17, 15) is 18.3 Å². The number of rotatable bonds is 6. The molecule has 2 heterocycles. The summed E-state index contributed by atoms with van der Waals surface area (Å²) in [6.07, 6.45) is 3.15. The van der Waals surface area contributed by atoms with E-state index in [1.165, 1.54) is 10.6 Å². The average Bonchev–Trinajstić information content (AvgIpc) is 3.17. The standard InChI is InChI=1S/C20H26N2O6S/c1-29(25,26)22-9-7-21(8-10-22)12-14(23)13-27-15-5-6-17-16-3-2-4-18(16)20(24)28-19(17)11-15/h5-6,11,14,23H,2-4,7-10,12-13H2,1H3/t14-/m0/s1. The lowest BCUT2D eigenvalue weighted by molar-refractivity contribution is 0.0570. The first kappa shape index (κ1) is 20.3. The molecule has 8 nitrogen and oxygen atoms in total. The first-order chi connectivity index (χ1) is 13.8. The number of hydrogen-bond donors (Lipinski definition) is 1. The van der Waals surface area contributed by atoms with Gasteiger partial charge in [-0.25, -0.2) is 13.2 Å². The molecule has 0 radical (unpaired) electrons. The highest BCUT2D eigenvalue weighted by Gasteiger charge is 2.25. The summed E-state index contributed by atoms with van der Waals surface area (Å²) < 4.78 is 35.7. The largest absolute Gasteiger partial charge is 0.491 e. The molecule has 0 bridgehead atoms. The van der Waals surface area contributed by atoms with Crippen LogP contribution in [0.4, 0.5) is 0 Å². The first-order valence-electron chi connectivity index (χ1n) is 9.88. The molecule has 0 unspecified atom stereocenters. The molecule has 0 saturated carbocycles. The summed E-state index contributed by atoms with van der Waals surface area (Å²) in [6.45, 7) is 2.54. The van der Waals surface area contributed by atoms with E-state index in [1.54, 1.807) is 6.07 Å². The highest BCUT2D eigenvalue weighted by Crippen LogP contribution is 2.29. The van der Waals surface area contributed by atoms with E-state index >= 15 is 0 Å². The predicted molar refractivity (Wildman–Crippen MR) is 109 cm³/mol. The monoisotopic (exact) mass is 422 g/mol. The Hall–Kier alpha value is -1.94. The number of nitrogens with zero attached hydrogens (tertiary/aromatic N) is 2. The zero-order valence-electron chi connectivity index (χ0n) is 16.5. The van der Waals surface area contributed by atoms with Gasteiger partial charge in [0, 0.05) is 49.7 Å². The Morgan fingerprint density at radius 3 is 2.62 bits per heavy atom. The molecule has 1 atom stereocenters. The maximum absolute atomic E-state index is 12.1. The number of piperazine rings is 1. The highest BCUT2D eigenvalue weighted by molar-refractivity contribution is 7.88. The summed E-state index contributed by atoms with van der Waals surface area (Å²) in [7, 11) is -3.16. The van der Waals surface area contributed by atoms with Gasteiger partial charge in [-0.3, -0.25) is 4.90 Å². The van der Waals surface area contributed by atoms with Gasteiger partial charge in [-0.05, 0) is 37.0 Å². The maximum atomic E-state index is 12.1. The van der Waals surface area contributed by atoms with E-state index in [1.807, 2.05) is 17.0 Å². The van der Waals surface area contributed by atoms with Crippen molar-refractivity contribution in [3.05, 3.63) is 39.7 Å². The molecule has 1 aromatic heterocycles. The van der Waals surface area contributed by atoms with Gasteiger partial charge in [-0.15, -0.1) is 0 Å². The fourth-order valence-electron chi connectivity index (χ4n) is 4.14. The summed E-state index contributed by atoms with van der Waals surface area (Å²) in [4.78, 5) is 14.1. The van der Waals surface area contributed by atoms with E-state index in [-0.39, 0.29) is 12.2 Å². The van der Waals surface area contributed by atoms with Crippen molar-refractivity contribution in [3.8, 4) is 5.75 Å². The zero-order valence-corrected chi connectivity index (χ0v) is 17.3. The fraction of sp³-hybridized carbons (Fsp3) is 0.550. The van der Waals surface area contributed by atoms with Crippen LogP contribution in [0.15, 0.2) is 27.4 Å². The number of hydrogen-bond acceptors (Lipinski definition) is 7. The number of benzene rings is 1. The van der Waals surface area contributed by atoms with Crippen LogP contribution in [-0.2, 0) is 22.9 Å². The van der Waals surface area contributed by atoms with Gasteiger partial charge in [-0.1, -0.05) is 0 Å². The van der Waals surface area contributed by atoms with Gasteiger partial charge < -0.3 is 14.3 Å². The van der Waals surface area contributed by atoms with Crippen molar-refractivity contribution in [1.29, 1.82) is 0 Å². The van der Waals surface area contributed by atoms with Gasteiger partial charge in [0.25, 0.3) is 0 Å². The number of sulfonamides is 1. The topological polar surface area (TPSA) is 100 Å². The summed E-state index contributed by atoms with van der Waals surface area (Å²) >= 11 is 0. The second-order valence-corrected chi connectivity index (χ2v) is 9.77. The minimum atomic E-state index is -3.16. The van der Waals surface area contributed by atoms with E-state index in [2.05, 4.69) is 0 Å². The maximum Gasteiger partial charge on any atom is 0.339 e. The molecule has 29 heavy (non-hydrogen) atoms. The quantitative estimate of drug-likeness (QED) is 0.681. The Morgan fingerprint density at radius 2 is 1.90 bits per heavy atom. The second-order valence-electron chi connectivity index (χ2n) is 7.79. The SMILES string of the molecule is CS(=O)(=O)N1CCN(C[C@H](O)COc2ccc3c4c(c(=O)oc3c2)CCC4)CC1. The van der Waals surface area contributed by atoms with Gasteiger partial charge in [0.2, 0.25) is 10.0 Å². The molecule has 1 aliphatic heterocycles. The third-order valence-electron chi connectivity index (χ3n) is 5.66. The fourth-order valence-corrected chi connectivity index (χ4v) is 4.97. The smallest absolute Gasteiger partial charge is 0.339 e. The van der Waals surface area contributed by atoms with Crippen LogP contribution in [0.2, 0.25) is 0 Å². The number of aryl methyl sites for hydroxylation is 1. The van der Waals surface area contributed by atoms with Crippen molar-refractivity contribution in [1.82, 2.24) is 9.21 Å². The number of aliphatic hydroxyl groups excluding tert-OH is 1. The molecular formula is C20H26N2O6S. The van der Waals surface area contributed by atoms with E-state index in [0.29, 0.717) is 44.1 Å². The van der Waals surface area contributed by atoms with Gasteiger partial charge >= 0.3 is 5.63 Å². The molecule has 0 amide bonds. The summed E-state index contributed by atoms with van der Waals surface area (Å²) in [5.74, 6) is 0.541. The molecule has 9 heteroatoms. The van der Waals surface area contributed by atoms with Gasteiger partial charge in [0.1, 0.15) is 24.0 Å². The van der Waals surface area contributed by atoms with Gasteiger partial charge in [0.05, 0.1) is 6.26 Å². The first-order valence-corrected chi connectivity index (χ1v) is 11.7. The van der Waals surface area contributed by atoms with E-state index < -0.39 is 16.1 Å². The number of β-amino-alcohol motifs (C(OH)–C–C–N with tert-alkyl or cyclic N) is 1. The predicted octanol–water partition coefficient (Wildman–Crippen LogP) is 0.599. The second kappa shape index (κ2) is 8.06. The number of ether oxygens (including phenoxy) is 1. The van der Waals surface area contributed by atoms with Crippen LogP contribution in [0, 0.1) is 0 Å². The van der Waals surface area contributed by atoms with Crippen molar-refractivity contribution in [2.24, 2.45) is 0 Å². The van der Waals surface area contributed by atoms with Crippen LogP contribution in [0.25, 0.3) is 11.0 Å². The highest BCUT2D eigenvalue weighted by atomic mass is 32.2. The zero-order chi connectivity index (χ0) is 20.6. The Morgan fingerprint density at radius 1 is 1.17 bits per heavy atom. The molecule has 1 saturated heterocycles. The lowest BCUT2D eigenvalue weighted by Gasteiger charge is -2.34. The molecule has 2 aromatic rings. The van der Waals surface area contributed by atoms with Crippen molar-refractivity contribution in [2.75, 3.05) is 45.6 Å². The molecule has 4 rings (SSSR count). The molecule has 1 fully saturated rings. The molecule has 1 aliphatic carbocycles. The molecule has 1 N–H and O–H groups in total. The van der Waals surface area contributed by atoms with Crippen molar-refractivity contribution >= 4 is 21.0 Å². The van der Waals surface area contributed by atoms with Crippen molar-refractivity contribution < 1.29 is 22.7 Å². The van der Waals surface area contributed by atoms with Gasteiger partial charge in [-0.2, -0.15) is 4.31 Å². The van der Waals surface area contributed by atoms with E-state index in [0.717, 1.165) is 35.8 Å². The van der Waals surface area contributed by atoms with Gasteiger partial charge in [0.15, 0.2) is 0 Å². The van der Waals surface area contributed by atoms with Crippen molar-refractivity contribution in [3.63, 3.8) is 0 Å². The molecule has 158 valence electrons. The summed E-state index contributed by atoms with van der Waals surface area (Å²) in [5.41, 5.74) is 2.11. The minimum Gasteiger partial charge on any atom is -0.491 e. The average molecular weight is 423 g/mol. The van der Waals surface area contributed by atoms with Crippen LogP contribution >= 0.6 is 0 Å². The normalized spacial score (nSPS) is 19.4.